The quantitative estimate of drug-likeness (QED) is 0.519. The first kappa shape index (κ1) is 15.2. The van der Waals surface area contributed by atoms with Gasteiger partial charge in [-0.3, -0.25) is 0 Å². The molecule has 0 saturated carbocycles. The van der Waals surface area contributed by atoms with Crippen LogP contribution in [0, 0.1) is 6.92 Å². The average molecular weight is 328 g/mol. The highest BCUT2D eigenvalue weighted by Gasteiger charge is 2.09. The van der Waals surface area contributed by atoms with Crippen molar-refractivity contribution in [1.29, 1.82) is 0 Å². The largest absolute Gasteiger partial charge is 0.386 e. The van der Waals surface area contributed by atoms with Crippen LogP contribution < -0.4 is 0 Å². The van der Waals surface area contributed by atoms with E-state index in [0.717, 1.165) is 11.1 Å². The van der Waals surface area contributed by atoms with Crippen LogP contribution in [0.25, 0.3) is 11.4 Å². The molecule has 0 amide bonds. The fourth-order valence-corrected chi connectivity index (χ4v) is 2.09. The van der Waals surface area contributed by atoms with Gasteiger partial charge in [0.2, 0.25) is 5.82 Å². The monoisotopic (exact) mass is 327 g/mol. The average Bonchev–Trinajstić information content (AvgIpc) is 3.02. The van der Waals surface area contributed by atoms with Gasteiger partial charge < -0.3 is 9.36 Å². The fourth-order valence-electron chi connectivity index (χ4n) is 1.90. The van der Waals surface area contributed by atoms with Crippen molar-refractivity contribution in [3.63, 3.8) is 0 Å². The summed E-state index contributed by atoms with van der Waals surface area (Å²) in [6.45, 7) is 2.14. The van der Waals surface area contributed by atoms with Crippen molar-refractivity contribution in [2.45, 2.75) is 13.5 Å². The van der Waals surface area contributed by atoms with E-state index in [1.165, 1.54) is 5.56 Å². The number of nitrogens with zero attached hydrogens (tertiary/aromatic N) is 3. The van der Waals surface area contributed by atoms with Crippen LogP contribution in [0.2, 0.25) is 5.02 Å². The zero-order valence-corrected chi connectivity index (χ0v) is 13.2. The molecular weight excluding hydrogens is 314 g/mol. The molecule has 0 aliphatic heterocycles. The second kappa shape index (κ2) is 7.07. The third-order valence-corrected chi connectivity index (χ3v) is 3.33. The molecule has 1 heterocycles. The Kier molecular flexibility index (Phi) is 4.68. The summed E-state index contributed by atoms with van der Waals surface area (Å²) in [5.41, 5.74) is 2.94. The third kappa shape index (κ3) is 4.17. The van der Waals surface area contributed by atoms with Crippen molar-refractivity contribution in [1.82, 2.24) is 10.1 Å². The highest BCUT2D eigenvalue weighted by atomic mass is 35.5. The molecule has 116 valence electrons. The molecule has 6 heteroatoms. The van der Waals surface area contributed by atoms with E-state index in [1.807, 2.05) is 43.3 Å². The van der Waals surface area contributed by atoms with E-state index in [1.54, 1.807) is 18.3 Å². The fraction of sp³-hybridized carbons (Fsp3) is 0.118. The molecule has 0 atom stereocenters. The van der Waals surface area contributed by atoms with E-state index >= 15 is 0 Å². The normalized spacial score (nSPS) is 11.0. The molecule has 2 aromatic carbocycles. The van der Waals surface area contributed by atoms with Gasteiger partial charge in [0, 0.05) is 10.6 Å². The zero-order valence-electron chi connectivity index (χ0n) is 12.4. The Morgan fingerprint density at radius 3 is 2.83 bits per heavy atom. The summed E-state index contributed by atoms with van der Waals surface area (Å²) >= 11 is 5.94. The van der Waals surface area contributed by atoms with Crippen molar-refractivity contribution in [3.05, 3.63) is 70.6 Å². The standard InChI is InChI=1S/C17H14ClN3O2/c1-12-5-7-13(8-6-12)10-19-22-11-16-20-17(21-23-16)14-3-2-4-15(18)9-14/h2-10H,11H2,1H3/b19-10-. The van der Waals surface area contributed by atoms with E-state index in [0.29, 0.717) is 16.7 Å². The summed E-state index contributed by atoms with van der Waals surface area (Å²) in [6, 6.07) is 15.2. The van der Waals surface area contributed by atoms with Gasteiger partial charge in [-0.15, -0.1) is 0 Å². The molecule has 0 N–H and O–H groups in total. The van der Waals surface area contributed by atoms with Gasteiger partial charge in [0.1, 0.15) is 0 Å². The molecule has 0 radical (unpaired) electrons. The Morgan fingerprint density at radius 1 is 1.22 bits per heavy atom. The minimum Gasteiger partial charge on any atom is -0.386 e. The van der Waals surface area contributed by atoms with Gasteiger partial charge in [0.15, 0.2) is 6.61 Å². The first-order valence-electron chi connectivity index (χ1n) is 7.01. The van der Waals surface area contributed by atoms with Gasteiger partial charge in [0.25, 0.3) is 5.89 Å². The molecule has 23 heavy (non-hydrogen) atoms. The van der Waals surface area contributed by atoms with Crippen LogP contribution in [0.5, 0.6) is 0 Å². The number of benzene rings is 2. The summed E-state index contributed by atoms with van der Waals surface area (Å²) in [5.74, 6) is 0.814. The van der Waals surface area contributed by atoms with Gasteiger partial charge >= 0.3 is 0 Å². The number of rotatable bonds is 5. The van der Waals surface area contributed by atoms with Gasteiger partial charge in [-0.2, -0.15) is 4.98 Å². The van der Waals surface area contributed by atoms with Crippen LogP contribution in [-0.4, -0.2) is 16.4 Å². The predicted octanol–water partition coefficient (Wildman–Crippen LogP) is 4.25. The topological polar surface area (TPSA) is 60.5 Å². The molecule has 5 nitrogen and oxygen atoms in total. The first-order chi connectivity index (χ1) is 11.2. The van der Waals surface area contributed by atoms with E-state index < -0.39 is 0 Å². The number of hydrogen-bond donors (Lipinski definition) is 0. The summed E-state index contributed by atoms with van der Waals surface area (Å²) in [6.07, 6.45) is 1.63. The van der Waals surface area contributed by atoms with Crippen LogP contribution >= 0.6 is 11.6 Å². The molecule has 3 aromatic rings. The van der Waals surface area contributed by atoms with Gasteiger partial charge in [-0.05, 0) is 24.6 Å². The van der Waals surface area contributed by atoms with Crippen LogP contribution in [-0.2, 0) is 11.4 Å². The third-order valence-electron chi connectivity index (χ3n) is 3.09. The van der Waals surface area contributed by atoms with E-state index in [4.69, 9.17) is 21.0 Å². The van der Waals surface area contributed by atoms with E-state index in [2.05, 4.69) is 15.3 Å². The predicted molar refractivity (Wildman–Crippen MR) is 88.3 cm³/mol. The van der Waals surface area contributed by atoms with Crippen molar-refractivity contribution in [3.8, 4) is 11.4 Å². The summed E-state index contributed by atoms with van der Waals surface area (Å²) in [7, 11) is 0. The van der Waals surface area contributed by atoms with Crippen LogP contribution in [0.15, 0.2) is 58.2 Å². The Morgan fingerprint density at radius 2 is 2.04 bits per heavy atom. The lowest BCUT2D eigenvalue weighted by Gasteiger charge is -1.95. The first-order valence-corrected chi connectivity index (χ1v) is 7.39. The Balaban J connectivity index is 1.58. The van der Waals surface area contributed by atoms with Crippen LogP contribution in [0.1, 0.15) is 17.0 Å². The Labute approximate surface area is 138 Å². The molecule has 1 aromatic heterocycles. The molecule has 0 saturated heterocycles. The van der Waals surface area contributed by atoms with Gasteiger partial charge in [0.05, 0.1) is 6.21 Å². The minimum atomic E-state index is 0.107. The lowest BCUT2D eigenvalue weighted by atomic mass is 10.2. The highest BCUT2D eigenvalue weighted by molar-refractivity contribution is 6.30. The number of oxime groups is 1. The lowest BCUT2D eigenvalue weighted by molar-refractivity contribution is 0.107. The number of aromatic nitrogens is 2. The molecule has 0 fully saturated rings. The van der Waals surface area contributed by atoms with Crippen molar-refractivity contribution >= 4 is 17.8 Å². The molecule has 0 aliphatic carbocycles. The smallest absolute Gasteiger partial charge is 0.267 e. The maximum atomic E-state index is 5.94. The number of hydrogen-bond acceptors (Lipinski definition) is 5. The molecular formula is C17H14ClN3O2. The van der Waals surface area contributed by atoms with Crippen molar-refractivity contribution in [2.75, 3.05) is 0 Å². The summed E-state index contributed by atoms with van der Waals surface area (Å²) in [5, 5.41) is 8.40. The Hall–Kier alpha value is -2.66. The molecule has 3 rings (SSSR count). The minimum absolute atomic E-state index is 0.107. The number of halogens is 1. The van der Waals surface area contributed by atoms with Crippen LogP contribution in [0.3, 0.4) is 0 Å². The van der Waals surface area contributed by atoms with Crippen molar-refractivity contribution < 1.29 is 9.36 Å². The van der Waals surface area contributed by atoms with Crippen LogP contribution in [0.4, 0.5) is 0 Å². The second-order valence-corrected chi connectivity index (χ2v) is 5.38. The van der Waals surface area contributed by atoms with Gasteiger partial charge in [-0.25, -0.2) is 0 Å². The molecule has 0 aliphatic rings. The summed E-state index contributed by atoms with van der Waals surface area (Å²) < 4.78 is 5.12. The lowest BCUT2D eigenvalue weighted by Crippen LogP contribution is -1.89. The molecule has 0 bridgehead atoms. The molecule has 0 spiro atoms. The maximum Gasteiger partial charge on any atom is 0.267 e. The Bertz CT molecular complexity index is 813. The number of aryl methyl sites for hydroxylation is 1. The second-order valence-electron chi connectivity index (χ2n) is 4.94. The zero-order chi connectivity index (χ0) is 16.1. The maximum absolute atomic E-state index is 5.94. The molecule has 0 unspecified atom stereocenters. The highest BCUT2D eigenvalue weighted by Crippen LogP contribution is 2.20. The summed E-state index contributed by atoms with van der Waals surface area (Å²) in [4.78, 5) is 9.42. The van der Waals surface area contributed by atoms with Gasteiger partial charge in [-0.1, -0.05) is 63.9 Å². The van der Waals surface area contributed by atoms with E-state index in [-0.39, 0.29) is 6.61 Å². The van der Waals surface area contributed by atoms with E-state index in [9.17, 15) is 0 Å². The van der Waals surface area contributed by atoms with Crippen molar-refractivity contribution in [2.24, 2.45) is 5.16 Å². The SMILES string of the molecule is Cc1ccc(/C=N\OCc2nc(-c3cccc(Cl)c3)no2)cc1.